The van der Waals surface area contributed by atoms with Gasteiger partial charge in [-0.05, 0) is 49.1 Å². The predicted octanol–water partition coefficient (Wildman–Crippen LogP) is 3.94. The summed E-state index contributed by atoms with van der Waals surface area (Å²) in [6.07, 6.45) is 0.629. The third-order valence-electron chi connectivity index (χ3n) is 4.25. The number of nitrogens with one attached hydrogen (secondary N) is 2. The number of phenols is 1. The lowest BCUT2D eigenvalue weighted by Gasteiger charge is -2.19. The van der Waals surface area contributed by atoms with E-state index >= 15 is 0 Å². The van der Waals surface area contributed by atoms with Crippen molar-refractivity contribution in [2.45, 2.75) is 26.3 Å². The molecule has 0 aliphatic rings. The maximum Gasteiger partial charge on any atom is 0.191 e. The minimum atomic E-state index is -0.214. The Morgan fingerprint density at radius 1 is 1.26 bits per heavy atom. The number of benzene rings is 2. The van der Waals surface area contributed by atoms with Crippen LogP contribution < -0.4 is 15.4 Å². The summed E-state index contributed by atoms with van der Waals surface area (Å²) in [6.45, 7) is 4.28. The average molecular weight is 487 g/mol. The minimum Gasteiger partial charge on any atom is -0.508 e. The van der Waals surface area contributed by atoms with Crippen LogP contribution in [0.1, 0.15) is 29.7 Å². The molecule has 148 valence electrons. The Labute approximate surface area is 177 Å². The Morgan fingerprint density at radius 3 is 2.59 bits per heavy atom. The van der Waals surface area contributed by atoms with Crippen molar-refractivity contribution in [1.29, 1.82) is 0 Å². The van der Waals surface area contributed by atoms with Crippen molar-refractivity contribution >= 4 is 29.9 Å². The molecule has 0 aromatic heterocycles. The van der Waals surface area contributed by atoms with Crippen LogP contribution in [0.3, 0.4) is 0 Å². The van der Waals surface area contributed by atoms with Gasteiger partial charge in [0.1, 0.15) is 17.3 Å². The molecule has 5 nitrogen and oxygen atoms in total. The molecule has 7 heteroatoms. The number of guanidine groups is 1. The summed E-state index contributed by atoms with van der Waals surface area (Å²) in [4.78, 5) is 4.19. The quantitative estimate of drug-likeness (QED) is 0.328. The van der Waals surface area contributed by atoms with Crippen molar-refractivity contribution in [3.05, 3.63) is 58.9 Å². The first-order chi connectivity index (χ1) is 12.4. The van der Waals surface area contributed by atoms with E-state index in [1.165, 1.54) is 6.07 Å². The Balaban J connectivity index is 0.00000364. The van der Waals surface area contributed by atoms with Crippen molar-refractivity contribution in [1.82, 2.24) is 10.6 Å². The van der Waals surface area contributed by atoms with Crippen LogP contribution in [0.5, 0.6) is 11.5 Å². The van der Waals surface area contributed by atoms with E-state index in [9.17, 15) is 9.50 Å². The molecule has 0 fully saturated rings. The summed E-state index contributed by atoms with van der Waals surface area (Å²) in [6, 6.07) is 10.4. The van der Waals surface area contributed by atoms with Gasteiger partial charge in [-0.1, -0.05) is 18.2 Å². The molecule has 2 aromatic rings. The van der Waals surface area contributed by atoms with Crippen molar-refractivity contribution in [3.8, 4) is 11.5 Å². The van der Waals surface area contributed by atoms with Crippen LogP contribution in [0.4, 0.5) is 4.39 Å². The second-order valence-electron chi connectivity index (χ2n) is 6.12. The molecule has 0 heterocycles. The third kappa shape index (κ3) is 6.57. The van der Waals surface area contributed by atoms with E-state index in [-0.39, 0.29) is 41.6 Å². The first-order valence-electron chi connectivity index (χ1n) is 8.53. The molecule has 3 N–H and O–H groups in total. The second-order valence-corrected chi connectivity index (χ2v) is 6.12. The smallest absolute Gasteiger partial charge is 0.191 e. The normalized spacial score (nSPS) is 12.1. The molecule has 2 aromatic carbocycles. The zero-order valence-electron chi connectivity index (χ0n) is 16.0. The summed E-state index contributed by atoms with van der Waals surface area (Å²) in [7, 11) is 3.25. The molecule has 0 saturated heterocycles. The van der Waals surface area contributed by atoms with Crippen molar-refractivity contribution < 1.29 is 14.2 Å². The first kappa shape index (κ1) is 23.0. The number of aryl methyl sites for hydroxylation is 1. The standard InChI is InChI=1S/C20H26FN3O2.HI/c1-13-5-6-16(11-18(13)21)14(2)24-20(22-3)23-10-9-15-7-8-17(26-4)12-19(15)25;/h5-8,11-12,14,25H,9-10H2,1-4H3,(H2,22,23,24);1H. The monoisotopic (exact) mass is 487 g/mol. The summed E-state index contributed by atoms with van der Waals surface area (Å²) in [5.41, 5.74) is 2.30. The highest BCUT2D eigenvalue weighted by atomic mass is 127. The Kier molecular flexibility index (Phi) is 9.34. The highest BCUT2D eigenvalue weighted by Gasteiger charge is 2.10. The number of nitrogens with zero attached hydrogens (tertiary/aromatic N) is 1. The topological polar surface area (TPSA) is 65.9 Å². The molecule has 0 aliphatic carbocycles. The number of aliphatic imine (C=N–C) groups is 1. The van der Waals surface area contributed by atoms with E-state index in [1.807, 2.05) is 25.1 Å². The number of ether oxygens (including phenoxy) is 1. The van der Waals surface area contributed by atoms with Crippen molar-refractivity contribution in [2.24, 2.45) is 4.99 Å². The van der Waals surface area contributed by atoms with E-state index in [0.29, 0.717) is 30.2 Å². The van der Waals surface area contributed by atoms with Crippen LogP contribution in [-0.4, -0.2) is 31.8 Å². The molecule has 0 bridgehead atoms. The zero-order chi connectivity index (χ0) is 19.1. The molecule has 27 heavy (non-hydrogen) atoms. The Hall–Kier alpha value is -2.03. The molecule has 0 aliphatic heterocycles. The fraction of sp³-hybridized carbons (Fsp3) is 0.350. The van der Waals surface area contributed by atoms with Gasteiger partial charge < -0.3 is 20.5 Å². The average Bonchev–Trinajstić information content (AvgIpc) is 2.64. The zero-order valence-corrected chi connectivity index (χ0v) is 18.4. The van der Waals surface area contributed by atoms with Crippen LogP contribution >= 0.6 is 24.0 Å². The van der Waals surface area contributed by atoms with E-state index in [2.05, 4.69) is 15.6 Å². The molecule has 1 atom stereocenters. The largest absolute Gasteiger partial charge is 0.508 e. The highest BCUT2D eigenvalue weighted by molar-refractivity contribution is 14.0. The fourth-order valence-corrected chi connectivity index (χ4v) is 2.56. The van der Waals surface area contributed by atoms with Crippen molar-refractivity contribution in [2.75, 3.05) is 20.7 Å². The number of methoxy groups -OCH3 is 1. The van der Waals surface area contributed by atoms with Gasteiger partial charge in [-0.25, -0.2) is 4.39 Å². The van der Waals surface area contributed by atoms with Gasteiger partial charge >= 0.3 is 0 Å². The number of hydrogen-bond donors (Lipinski definition) is 3. The summed E-state index contributed by atoms with van der Waals surface area (Å²) in [5.74, 6) is 1.23. The highest BCUT2D eigenvalue weighted by Crippen LogP contribution is 2.23. The molecule has 0 saturated carbocycles. The van der Waals surface area contributed by atoms with Crippen LogP contribution in [-0.2, 0) is 6.42 Å². The third-order valence-corrected chi connectivity index (χ3v) is 4.25. The van der Waals surface area contributed by atoms with Gasteiger partial charge in [0.2, 0.25) is 0 Å². The van der Waals surface area contributed by atoms with Gasteiger partial charge in [-0.15, -0.1) is 24.0 Å². The summed E-state index contributed by atoms with van der Waals surface area (Å²) in [5, 5.41) is 16.4. The molecule has 0 radical (unpaired) electrons. The predicted molar refractivity (Wildman–Crippen MR) is 118 cm³/mol. The molecule has 0 amide bonds. The lowest BCUT2D eigenvalue weighted by atomic mass is 10.1. The maximum atomic E-state index is 13.7. The number of rotatable bonds is 6. The van der Waals surface area contributed by atoms with Gasteiger partial charge in [-0.3, -0.25) is 4.99 Å². The summed E-state index contributed by atoms with van der Waals surface area (Å²) < 4.78 is 18.8. The molecule has 0 spiro atoms. The number of halogens is 2. The Morgan fingerprint density at radius 2 is 2.00 bits per heavy atom. The lowest BCUT2D eigenvalue weighted by molar-refractivity contribution is 0.406. The molecular formula is C20H27FIN3O2. The van der Waals surface area contributed by atoms with Crippen LogP contribution in [0.25, 0.3) is 0 Å². The van der Waals surface area contributed by atoms with E-state index < -0.39 is 0 Å². The van der Waals surface area contributed by atoms with Gasteiger partial charge in [0, 0.05) is 19.7 Å². The van der Waals surface area contributed by atoms with E-state index in [0.717, 1.165) is 11.1 Å². The second kappa shape index (κ2) is 11.0. The van der Waals surface area contributed by atoms with E-state index in [1.54, 1.807) is 33.2 Å². The van der Waals surface area contributed by atoms with Crippen LogP contribution in [0, 0.1) is 12.7 Å². The van der Waals surface area contributed by atoms with Gasteiger partial charge in [0.05, 0.1) is 13.2 Å². The number of hydrogen-bond acceptors (Lipinski definition) is 3. The van der Waals surface area contributed by atoms with E-state index in [4.69, 9.17) is 4.74 Å². The Bertz CT molecular complexity index is 784. The van der Waals surface area contributed by atoms with Gasteiger partial charge in [0.25, 0.3) is 0 Å². The van der Waals surface area contributed by atoms with Gasteiger partial charge in [-0.2, -0.15) is 0 Å². The van der Waals surface area contributed by atoms with Crippen LogP contribution in [0.15, 0.2) is 41.4 Å². The van der Waals surface area contributed by atoms with Crippen molar-refractivity contribution in [3.63, 3.8) is 0 Å². The van der Waals surface area contributed by atoms with Gasteiger partial charge in [0.15, 0.2) is 5.96 Å². The maximum absolute atomic E-state index is 13.7. The fourth-order valence-electron chi connectivity index (χ4n) is 2.56. The summed E-state index contributed by atoms with van der Waals surface area (Å²) >= 11 is 0. The molecule has 2 rings (SSSR count). The van der Waals surface area contributed by atoms with Crippen LogP contribution in [0.2, 0.25) is 0 Å². The SMILES string of the molecule is CN=C(NCCc1ccc(OC)cc1O)NC(C)c1ccc(C)c(F)c1.I. The molecular weight excluding hydrogens is 460 g/mol. The first-order valence-corrected chi connectivity index (χ1v) is 8.53. The lowest BCUT2D eigenvalue weighted by Crippen LogP contribution is -2.39. The number of phenolic OH excluding ortho intramolecular Hbond substituents is 1. The molecule has 1 unspecified atom stereocenters. The number of aromatic hydroxyl groups is 1. The minimum absolute atomic E-state index is 0.